The molecule has 0 spiro atoms. The highest BCUT2D eigenvalue weighted by Gasteiger charge is 2.45. The molecule has 1 aromatic carbocycles. The van der Waals surface area contributed by atoms with Crippen molar-refractivity contribution in [3.63, 3.8) is 0 Å². The number of amides is 1. The number of ether oxygens (including phenoxy) is 1. The summed E-state index contributed by atoms with van der Waals surface area (Å²) in [5.74, 6) is -3.24. The average Bonchev–Trinajstić information content (AvgIpc) is 2.59. The number of esters is 1. The van der Waals surface area contributed by atoms with Gasteiger partial charge in [0.05, 0.1) is 23.0 Å². The minimum absolute atomic E-state index is 0.131. The van der Waals surface area contributed by atoms with Gasteiger partial charge in [-0.2, -0.15) is 4.79 Å². The van der Waals surface area contributed by atoms with Gasteiger partial charge in [0.2, 0.25) is 5.91 Å². The van der Waals surface area contributed by atoms with Gasteiger partial charge in [0, 0.05) is 18.6 Å². The number of β-lactam (4-membered cyclic amide) rings is 1. The number of hydrogen-bond donors (Lipinski definition) is 2. The number of Topliss-reactive ketones (excluding diaryl/α,β-unsaturated/α-hetero) is 1. The normalized spacial score (nSPS) is 19.1. The van der Waals surface area contributed by atoms with Crippen LogP contribution in [0.15, 0.2) is 24.3 Å². The average molecular weight is 376 g/mol. The number of rotatable bonds is 8. The number of benzene rings is 1. The molecule has 1 aliphatic heterocycles. The highest BCUT2D eigenvalue weighted by atomic mass is 16.6. The van der Waals surface area contributed by atoms with Crippen molar-refractivity contribution in [3.8, 4) is 0 Å². The number of ketones is 1. The van der Waals surface area contributed by atoms with Gasteiger partial charge in [0.15, 0.2) is 0 Å². The number of nitrogens with zero attached hydrogens (tertiary/aromatic N) is 3. The van der Waals surface area contributed by atoms with E-state index in [9.17, 15) is 29.6 Å². The summed E-state index contributed by atoms with van der Waals surface area (Å²) in [6.07, 6.45) is -1.31. The summed E-state index contributed by atoms with van der Waals surface area (Å²) in [5.41, 5.74) is 8.40. The lowest BCUT2D eigenvalue weighted by atomic mass is 9.82. The van der Waals surface area contributed by atoms with E-state index in [4.69, 9.17) is 10.3 Å². The Labute approximate surface area is 152 Å². The van der Waals surface area contributed by atoms with E-state index in [0.717, 1.165) is 0 Å². The van der Waals surface area contributed by atoms with Crippen molar-refractivity contribution in [2.75, 3.05) is 0 Å². The predicted octanol–water partition coefficient (Wildman–Crippen LogP) is -0.237. The number of hydrogen-bond acceptors (Lipinski definition) is 7. The fourth-order valence-electron chi connectivity index (χ4n) is 2.63. The summed E-state index contributed by atoms with van der Waals surface area (Å²) in [5, 5.41) is 22.5. The third-order valence-corrected chi connectivity index (χ3v) is 4.06. The maximum absolute atomic E-state index is 12.1. The molecule has 0 bridgehead atoms. The van der Waals surface area contributed by atoms with Crippen molar-refractivity contribution in [3.05, 3.63) is 45.5 Å². The summed E-state index contributed by atoms with van der Waals surface area (Å²) in [4.78, 5) is 48.1. The van der Waals surface area contributed by atoms with Crippen LogP contribution in [0.3, 0.4) is 0 Å². The smallest absolute Gasteiger partial charge is 0.441 e. The van der Waals surface area contributed by atoms with Crippen LogP contribution >= 0.6 is 0 Å². The molecule has 1 fully saturated rings. The summed E-state index contributed by atoms with van der Waals surface area (Å²) >= 11 is 0. The standard InChI is InChI=1S/C16H16N4O7/c1-8(21)13-11(18-15(13)23)6-12(22)14(19-17)16(24)27-7-9-2-4-10(5-3-9)20(25)26/h2-5,8,11,13,21H,6-7H2,1H3,(H,18,23)/t8-,11+,13-/m0/s1. The van der Waals surface area contributed by atoms with Gasteiger partial charge in [-0.1, -0.05) is 0 Å². The maximum Gasteiger partial charge on any atom is 0.441 e. The second-order valence-electron chi connectivity index (χ2n) is 5.96. The van der Waals surface area contributed by atoms with Crippen molar-refractivity contribution in [2.24, 2.45) is 5.92 Å². The molecule has 1 heterocycles. The highest BCUT2D eigenvalue weighted by Crippen LogP contribution is 2.22. The summed E-state index contributed by atoms with van der Waals surface area (Å²) < 4.78 is 4.87. The van der Waals surface area contributed by atoms with Gasteiger partial charge in [0.25, 0.3) is 11.5 Å². The van der Waals surface area contributed by atoms with Crippen LogP contribution in [0, 0.1) is 16.0 Å². The van der Waals surface area contributed by atoms with E-state index in [1.807, 2.05) is 0 Å². The third-order valence-electron chi connectivity index (χ3n) is 4.06. The van der Waals surface area contributed by atoms with E-state index >= 15 is 0 Å². The molecule has 0 saturated carbocycles. The number of aliphatic hydroxyl groups is 1. The Bertz CT molecular complexity index is 828. The van der Waals surface area contributed by atoms with Crippen LogP contribution in [0.4, 0.5) is 5.69 Å². The second-order valence-corrected chi connectivity index (χ2v) is 5.96. The van der Waals surface area contributed by atoms with Gasteiger partial charge >= 0.3 is 11.7 Å². The first-order chi connectivity index (χ1) is 12.7. The molecular formula is C16H16N4O7. The maximum atomic E-state index is 12.1. The molecule has 1 aromatic rings. The van der Waals surface area contributed by atoms with E-state index < -0.39 is 46.4 Å². The number of nitro benzene ring substituents is 1. The van der Waals surface area contributed by atoms with E-state index in [2.05, 4.69) is 10.1 Å². The van der Waals surface area contributed by atoms with Gasteiger partial charge in [-0.15, -0.1) is 0 Å². The van der Waals surface area contributed by atoms with Crippen LogP contribution in [0.2, 0.25) is 0 Å². The van der Waals surface area contributed by atoms with Gasteiger partial charge in [-0.25, -0.2) is 4.79 Å². The molecule has 0 aliphatic carbocycles. The lowest BCUT2D eigenvalue weighted by molar-refractivity contribution is -0.384. The van der Waals surface area contributed by atoms with Crippen molar-refractivity contribution < 1.29 is 33.9 Å². The number of non-ortho nitro benzene ring substituents is 1. The van der Waals surface area contributed by atoms with Gasteiger partial charge in [-0.05, 0) is 24.6 Å². The zero-order chi connectivity index (χ0) is 20.1. The molecule has 11 heteroatoms. The fraction of sp³-hybridized carbons (Fsp3) is 0.375. The first-order valence-electron chi connectivity index (χ1n) is 7.88. The molecule has 1 saturated heterocycles. The van der Waals surface area contributed by atoms with Crippen LogP contribution in [0.1, 0.15) is 18.9 Å². The molecular weight excluding hydrogens is 360 g/mol. The monoisotopic (exact) mass is 376 g/mol. The Morgan fingerprint density at radius 2 is 2.04 bits per heavy atom. The Kier molecular flexibility index (Phi) is 6.11. The van der Waals surface area contributed by atoms with Gasteiger partial charge < -0.3 is 20.7 Å². The lowest BCUT2D eigenvalue weighted by Crippen LogP contribution is -2.62. The lowest BCUT2D eigenvalue weighted by Gasteiger charge is -2.37. The highest BCUT2D eigenvalue weighted by molar-refractivity contribution is 6.62. The number of aliphatic hydroxyl groups excluding tert-OH is 1. The number of carbonyl (C=O) groups is 3. The first-order valence-corrected chi connectivity index (χ1v) is 7.88. The fourth-order valence-corrected chi connectivity index (χ4v) is 2.63. The molecule has 0 radical (unpaired) electrons. The molecule has 1 amide bonds. The minimum atomic E-state index is -1.18. The molecule has 2 rings (SSSR count). The second kappa shape index (κ2) is 8.30. The molecule has 11 nitrogen and oxygen atoms in total. The zero-order valence-corrected chi connectivity index (χ0v) is 14.2. The third kappa shape index (κ3) is 4.60. The number of nitrogens with one attached hydrogen (secondary N) is 1. The summed E-state index contributed by atoms with van der Waals surface area (Å²) in [6.45, 7) is 1.11. The van der Waals surface area contributed by atoms with Crippen molar-refractivity contribution >= 4 is 29.1 Å². The number of nitro groups is 1. The van der Waals surface area contributed by atoms with E-state index in [-0.39, 0.29) is 18.7 Å². The zero-order valence-electron chi connectivity index (χ0n) is 14.2. The van der Waals surface area contributed by atoms with Crippen molar-refractivity contribution in [2.45, 2.75) is 32.1 Å². The van der Waals surface area contributed by atoms with Crippen LogP contribution in [0.5, 0.6) is 0 Å². The predicted molar refractivity (Wildman–Crippen MR) is 88.2 cm³/mol. The molecule has 2 N–H and O–H groups in total. The molecule has 1 aliphatic rings. The molecule has 27 heavy (non-hydrogen) atoms. The first kappa shape index (κ1) is 19.9. The van der Waals surface area contributed by atoms with E-state index in [1.54, 1.807) is 0 Å². The van der Waals surface area contributed by atoms with E-state index in [1.165, 1.54) is 31.2 Å². The Balaban J connectivity index is 1.93. The van der Waals surface area contributed by atoms with Crippen molar-refractivity contribution in [1.29, 1.82) is 0 Å². The van der Waals surface area contributed by atoms with Gasteiger partial charge in [0.1, 0.15) is 6.61 Å². The summed E-state index contributed by atoms with van der Waals surface area (Å²) in [7, 11) is 0. The minimum Gasteiger partial charge on any atom is -0.452 e. The molecule has 0 unspecified atom stereocenters. The Hall–Kier alpha value is -3.43. The van der Waals surface area contributed by atoms with Gasteiger partial charge in [-0.3, -0.25) is 19.7 Å². The van der Waals surface area contributed by atoms with Crippen molar-refractivity contribution in [1.82, 2.24) is 5.32 Å². The van der Waals surface area contributed by atoms with E-state index in [0.29, 0.717) is 5.56 Å². The van der Waals surface area contributed by atoms with Crippen LogP contribution < -0.4 is 5.32 Å². The van der Waals surface area contributed by atoms with Crippen LogP contribution in [0.25, 0.3) is 5.53 Å². The Morgan fingerprint density at radius 3 is 2.52 bits per heavy atom. The van der Waals surface area contributed by atoms with Crippen LogP contribution in [-0.2, 0) is 25.7 Å². The Morgan fingerprint density at radius 1 is 1.41 bits per heavy atom. The van der Waals surface area contributed by atoms with Crippen LogP contribution in [-0.4, -0.2) is 50.3 Å². The molecule has 3 atom stereocenters. The topological polar surface area (TPSA) is 172 Å². The molecule has 0 aromatic heterocycles. The SMILES string of the molecule is C[C@H](O)[C@@H]1C(=O)N[C@@H]1CC(=O)C(=[N+]=[N-])C(=O)OCc1ccc([N+](=O)[O-])cc1. The largest absolute Gasteiger partial charge is 0.452 e. The summed E-state index contributed by atoms with van der Waals surface area (Å²) in [6, 6.07) is 4.53. The quantitative estimate of drug-likeness (QED) is 0.0920. The number of carbonyl (C=O) groups excluding carboxylic acids is 3. The molecule has 142 valence electrons.